The van der Waals surface area contributed by atoms with Crippen LogP contribution in [0.15, 0.2) is 53.3 Å². The topological polar surface area (TPSA) is 96.2 Å². The molecule has 6 nitrogen and oxygen atoms in total. The maximum atomic E-state index is 7.80. The van der Waals surface area contributed by atoms with Crippen molar-refractivity contribution in [2.24, 2.45) is 4.99 Å². The van der Waals surface area contributed by atoms with Crippen molar-refractivity contribution in [3.8, 4) is 0 Å². The monoisotopic (exact) mass is 286 g/mol. The fraction of sp³-hybridized carbons (Fsp3) is 0. The molecule has 0 spiro atoms. The van der Waals surface area contributed by atoms with E-state index in [2.05, 4.69) is 33.8 Å². The summed E-state index contributed by atoms with van der Waals surface area (Å²) in [5, 5.41) is 18.2. The number of aliphatic imine (C=N–C) groups is 1. The van der Waals surface area contributed by atoms with Crippen LogP contribution in [0.4, 0.5) is 5.69 Å². The van der Waals surface area contributed by atoms with Gasteiger partial charge in [0.2, 0.25) is 5.96 Å². The molecule has 0 aliphatic carbocycles. The third kappa shape index (κ3) is 3.72. The van der Waals surface area contributed by atoms with E-state index in [-0.39, 0.29) is 5.96 Å². The number of nitrogens with zero attached hydrogens (tertiary/aromatic N) is 1. The Hall–Kier alpha value is -2.54. The predicted octanol–water partition coefficient (Wildman–Crippen LogP) is 1.86. The minimum absolute atomic E-state index is 0.0330. The molecule has 0 saturated heterocycles. The zero-order valence-corrected chi connectivity index (χ0v) is 11.4. The Morgan fingerprint density at radius 2 is 2.25 bits per heavy atom. The number of anilines is 1. The molecule has 7 heteroatoms. The van der Waals surface area contributed by atoms with E-state index in [4.69, 9.17) is 10.8 Å². The number of hydrogen-bond acceptors (Lipinski definition) is 4. The molecule has 1 aliphatic heterocycles. The van der Waals surface area contributed by atoms with Crippen molar-refractivity contribution in [2.45, 2.75) is 0 Å². The number of nitrogens with one attached hydrogen (secondary N) is 5. The highest BCUT2D eigenvalue weighted by Crippen LogP contribution is 2.10. The van der Waals surface area contributed by atoms with Crippen molar-refractivity contribution in [3.05, 3.63) is 53.9 Å². The van der Waals surface area contributed by atoms with Gasteiger partial charge in [0, 0.05) is 18.1 Å². The first-order chi connectivity index (χ1) is 9.69. The molecular weight excluding hydrogens is 272 g/mol. The quantitative estimate of drug-likeness (QED) is 0.291. The average Bonchev–Trinajstić information content (AvgIpc) is 2.48. The summed E-state index contributed by atoms with van der Waals surface area (Å²) in [5.41, 5.74) is 7.81. The van der Waals surface area contributed by atoms with Crippen LogP contribution in [0.2, 0.25) is 0 Å². The predicted molar refractivity (Wildman–Crippen MR) is 85.6 cm³/mol. The summed E-state index contributed by atoms with van der Waals surface area (Å²) < 4.78 is 0. The van der Waals surface area contributed by atoms with Gasteiger partial charge >= 0.3 is 0 Å². The van der Waals surface area contributed by atoms with Crippen LogP contribution in [0, 0.1) is 10.8 Å². The number of hydrogen-bond donors (Lipinski definition) is 6. The molecule has 1 aromatic rings. The van der Waals surface area contributed by atoms with Crippen molar-refractivity contribution in [1.82, 2.24) is 10.9 Å². The van der Waals surface area contributed by atoms with Crippen LogP contribution < -0.4 is 16.2 Å². The van der Waals surface area contributed by atoms with Crippen LogP contribution >= 0.6 is 12.6 Å². The minimum atomic E-state index is -0.0330. The van der Waals surface area contributed by atoms with Crippen LogP contribution in [0.1, 0.15) is 5.56 Å². The zero-order valence-electron chi connectivity index (χ0n) is 10.5. The van der Waals surface area contributed by atoms with E-state index in [0.29, 0.717) is 16.4 Å². The summed E-state index contributed by atoms with van der Waals surface area (Å²) in [6.45, 7) is 0. The fourth-order valence-corrected chi connectivity index (χ4v) is 1.75. The van der Waals surface area contributed by atoms with Gasteiger partial charge in [0.1, 0.15) is 5.04 Å². The Bertz CT molecular complexity index is 617. The van der Waals surface area contributed by atoms with Crippen LogP contribution in [0.25, 0.3) is 0 Å². The Morgan fingerprint density at radius 1 is 1.40 bits per heavy atom. The van der Waals surface area contributed by atoms with Crippen LogP contribution in [-0.2, 0) is 0 Å². The van der Waals surface area contributed by atoms with Gasteiger partial charge in [-0.25, -0.2) is 4.99 Å². The molecular formula is C13H14N6S. The fourth-order valence-electron chi connectivity index (χ4n) is 1.52. The molecule has 2 rings (SSSR count). The standard InChI is InChI=1S/C13H14N6S/c14-8-9-3-1-4-10(7-9)17-13(15)18-12(20)11-5-2-6-16-19-11/h1-8,14,16,19H,(H3,15,17,18,20). The van der Waals surface area contributed by atoms with Gasteiger partial charge in [-0.1, -0.05) is 12.1 Å². The summed E-state index contributed by atoms with van der Waals surface area (Å²) in [6, 6.07) is 7.18. The molecule has 0 radical (unpaired) electrons. The summed E-state index contributed by atoms with van der Waals surface area (Å²) in [5.74, 6) is -0.0330. The van der Waals surface area contributed by atoms with Gasteiger partial charge < -0.3 is 16.2 Å². The maximum absolute atomic E-state index is 7.80. The summed E-state index contributed by atoms with van der Waals surface area (Å²) >= 11 is 4.25. The van der Waals surface area contributed by atoms with Gasteiger partial charge in [0.25, 0.3) is 0 Å². The summed E-state index contributed by atoms with van der Waals surface area (Å²) in [6.07, 6.45) is 6.58. The van der Waals surface area contributed by atoms with Crippen LogP contribution in [0.5, 0.6) is 0 Å². The largest absolute Gasteiger partial charge is 0.325 e. The van der Waals surface area contributed by atoms with Crippen molar-refractivity contribution < 1.29 is 0 Å². The van der Waals surface area contributed by atoms with Crippen LogP contribution in [0.3, 0.4) is 0 Å². The van der Waals surface area contributed by atoms with E-state index < -0.39 is 0 Å². The lowest BCUT2D eigenvalue weighted by atomic mass is 10.2. The molecule has 0 fully saturated rings. The molecule has 0 atom stereocenters. The first-order valence-corrected chi connectivity index (χ1v) is 6.26. The average molecular weight is 286 g/mol. The van der Waals surface area contributed by atoms with Crippen molar-refractivity contribution in [2.75, 3.05) is 5.32 Å². The van der Waals surface area contributed by atoms with Gasteiger partial charge in [0.15, 0.2) is 0 Å². The first-order valence-electron chi connectivity index (χ1n) is 5.81. The maximum Gasteiger partial charge on any atom is 0.220 e. The van der Waals surface area contributed by atoms with E-state index in [0.717, 1.165) is 5.56 Å². The summed E-state index contributed by atoms with van der Waals surface area (Å²) in [4.78, 5) is 4.04. The highest BCUT2D eigenvalue weighted by molar-refractivity contribution is 7.97. The Morgan fingerprint density at radius 3 is 2.95 bits per heavy atom. The molecule has 0 unspecified atom stereocenters. The second kappa shape index (κ2) is 6.58. The van der Waals surface area contributed by atoms with E-state index in [1.165, 1.54) is 6.21 Å². The molecule has 0 amide bonds. The lowest BCUT2D eigenvalue weighted by Crippen LogP contribution is -2.31. The smallest absolute Gasteiger partial charge is 0.220 e. The number of benzene rings is 1. The summed E-state index contributed by atoms with van der Waals surface area (Å²) in [7, 11) is 0. The van der Waals surface area contributed by atoms with Crippen molar-refractivity contribution in [1.29, 1.82) is 10.8 Å². The SMILES string of the molecule is N=Cc1cccc(NC(=N)/N=C(\S)C2=CC=CNN2)c1. The van der Waals surface area contributed by atoms with Crippen molar-refractivity contribution >= 4 is 35.5 Å². The third-order valence-electron chi connectivity index (χ3n) is 2.42. The molecule has 0 saturated carbocycles. The van der Waals surface area contributed by atoms with Gasteiger partial charge in [-0.05, 0) is 29.8 Å². The second-order valence-electron chi connectivity index (χ2n) is 3.89. The van der Waals surface area contributed by atoms with Crippen molar-refractivity contribution in [3.63, 3.8) is 0 Å². The molecule has 1 aliphatic rings. The van der Waals surface area contributed by atoms with E-state index >= 15 is 0 Å². The van der Waals surface area contributed by atoms with Gasteiger partial charge in [-0.2, -0.15) is 0 Å². The number of thiol groups is 1. The third-order valence-corrected chi connectivity index (χ3v) is 2.76. The lowest BCUT2D eigenvalue weighted by Gasteiger charge is -2.12. The van der Waals surface area contributed by atoms with E-state index in [1.54, 1.807) is 30.5 Å². The zero-order chi connectivity index (χ0) is 14.4. The van der Waals surface area contributed by atoms with Gasteiger partial charge in [-0.15, -0.1) is 12.6 Å². The normalized spacial score (nSPS) is 13.8. The van der Waals surface area contributed by atoms with Crippen LogP contribution in [-0.4, -0.2) is 17.2 Å². The highest BCUT2D eigenvalue weighted by atomic mass is 32.1. The molecule has 1 aromatic carbocycles. The number of allylic oxidation sites excluding steroid dienone is 2. The lowest BCUT2D eigenvalue weighted by molar-refractivity contribution is 0.747. The van der Waals surface area contributed by atoms with Gasteiger partial charge in [-0.3, -0.25) is 10.8 Å². The Labute approximate surface area is 122 Å². The first kappa shape index (κ1) is 13.9. The number of rotatable bonds is 3. The molecule has 5 N–H and O–H groups in total. The van der Waals surface area contributed by atoms with Gasteiger partial charge in [0.05, 0.1) is 5.70 Å². The molecule has 0 bridgehead atoms. The Kier molecular flexibility index (Phi) is 4.56. The Balaban J connectivity index is 2.06. The molecule has 1 heterocycles. The van der Waals surface area contributed by atoms with E-state index in [1.807, 2.05) is 12.1 Å². The highest BCUT2D eigenvalue weighted by Gasteiger charge is 2.05. The molecule has 102 valence electrons. The minimum Gasteiger partial charge on any atom is -0.325 e. The van der Waals surface area contributed by atoms with E-state index in [9.17, 15) is 0 Å². The number of guanidine groups is 1. The second-order valence-corrected chi connectivity index (χ2v) is 4.31. The number of hydrazine groups is 1. The molecule has 0 aromatic heterocycles. The molecule has 20 heavy (non-hydrogen) atoms.